The number of aromatic nitrogens is 4. The van der Waals surface area contributed by atoms with Gasteiger partial charge in [-0.2, -0.15) is 0 Å². The molecule has 2 heterocycles. The van der Waals surface area contributed by atoms with Crippen LogP contribution in [-0.2, 0) is 0 Å². The first-order chi connectivity index (χ1) is 17.4. The Morgan fingerprint density at radius 1 is 1.14 bits per heavy atom. The van der Waals surface area contributed by atoms with E-state index in [1.54, 1.807) is 31.6 Å². The molecule has 8 nitrogen and oxygen atoms in total. The molecule has 1 saturated carbocycles. The number of rotatable bonds is 8. The van der Waals surface area contributed by atoms with Gasteiger partial charge >= 0.3 is 0 Å². The zero-order valence-electron chi connectivity index (χ0n) is 20.7. The average Bonchev–Trinajstić information content (AvgIpc) is 3.60. The lowest BCUT2D eigenvalue weighted by Gasteiger charge is -2.18. The van der Waals surface area contributed by atoms with E-state index in [1.807, 2.05) is 42.8 Å². The number of methoxy groups -OCH3 is 1. The molecule has 2 aromatic heterocycles. The lowest BCUT2D eigenvalue weighted by molar-refractivity contribution is 0.0951. The Morgan fingerprint density at radius 3 is 2.54 bits per heavy atom. The molecule has 0 unspecified atom stereocenters. The van der Waals surface area contributed by atoms with Crippen LogP contribution < -0.4 is 15.4 Å². The van der Waals surface area contributed by atoms with E-state index in [0.29, 0.717) is 22.8 Å². The van der Waals surface area contributed by atoms with E-state index >= 15 is 0 Å². The van der Waals surface area contributed by atoms with Crippen molar-refractivity contribution in [2.45, 2.75) is 38.8 Å². The highest BCUT2D eigenvalue weighted by Crippen LogP contribution is 2.31. The number of hydrogen-bond donors (Lipinski definition) is 2. The van der Waals surface area contributed by atoms with Crippen LogP contribution >= 0.6 is 12.4 Å². The van der Waals surface area contributed by atoms with Crippen LogP contribution in [0, 0.1) is 12.7 Å². The van der Waals surface area contributed by atoms with Crippen LogP contribution in [0.4, 0.5) is 10.2 Å². The Kier molecular flexibility index (Phi) is 7.73. The van der Waals surface area contributed by atoms with Gasteiger partial charge in [-0.1, -0.05) is 18.2 Å². The Hall–Kier alpha value is -3.98. The molecule has 2 N–H and O–H groups in total. The summed E-state index contributed by atoms with van der Waals surface area (Å²) in [6, 6.07) is 13.6. The molecule has 0 aliphatic heterocycles. The van der Waals surface area contributed by atoms with Crippen LogP contribution in [0.2, 0.25) is 0 Å². The van der Waals surface area contributed by atoms with Gasteiger partial charge < -0.3 is 19.9 Å². The molecule has 1 fully saturated rings. The summed E-state index contributed by atoms with van der Waals surface area (Å²) in [6.45, 7) is 3.85. The topological polar surface area (TPSA) is 94.0 Å². The van der Waals surface area contributed by atoms with Gasteiger partial charge in [-0.3, -0.25) is 4.79 Å². The molecule has 192 valence electrons. The standard InChI is InChI=1S/C27H27FN6O2.ClH/c1-16-14-34(15-29-16)24-11-6-19(12-25(24)36-3)23-13-22(27(35)31-21-9-10-21)26(33-32-23)30-17(2)18-4-7-20(28)8-5-18;/h4-8,11-15,17,21H,9-10H2,1-3H3,(H,30,33)(H,31,35);1H/t17-;/m0./s1. The summed E-state index contributed by atoms with van der Waals surface area (Å²) in [7, 11) is 1.61. The van der Waals surface area contributed by atoms with Crippen LogP contribution in [0.15, 0.2) is 61.1 Å². The van der Waals surface area contributed by atoms with E-state index in [9.17, 15) is 9.18 Å². The highest BCUT2D eigenvalue weighted by molar-refractivity contribution is 6.00. The first kappa shape index (κ1) is 26.1. The number of hydrogen-bond acceptors (Lipinski definition) is 6. The number of nitrogens with zero attached hydrogens (tertiary/aromatic N) is 4. The molecule has 1 aliphatic carbocycles. The quantitative estimate of drug-likeness (QED) is 0.327. The number of anilines is 1. The van der Waals surface area contributed by atoms with Crippen LogP contribution in [0.25, 0.3) is 16.9 Å². The average molecular weight is 523 g/mol. The minimum absolute atomic E-state index is 0. The number of imidazole rings is 1. The van der Waals surface area contributed by atoms with E-state index < -0.39 is 0 Å². The van der Waals surface area contributed by atoms with E-state index in [1.165, 1.54) is 12.1 Å². The number of ether oxygens (including phenoxy) is 1. The molecule has 5 rings (SSSR count). The zero-order chi connectivity index (χ0) is 25.2. The van der Waals surface area contributed by atoms with Crippen LogP contribution in [0.5, 0.6) is 5.75 Å². The first-order valence-electron chi connectivity index (χ1n) is 11.8. The summed E-state index contributed by atoms with van der Waals surface area (Å²) in [5, 5.41) is 15.1. The maximum atomic E-state index is 13.3. The number of aryl methyl sites for hydroxylation is 1. The molecule has 2 aromatic carbocycles. The van der Waals surface area contributed by atoms with Crippen LogP contribution in [0.3, 0.4) is 0 Å². The fourth-order valence-electron chi connectivity index (χ4n) is 3.95. The molecule has 1 atom stereocenters. The summed E-state index contributed by atoms with van der Waals surface area (Å²) in [6.07, 6.45) is 5.59. The van der Waals surface area contributed by atoms with Crippen molar-refractivity contribution in [1.82, 2.24) is 25.1 Å². The van der Waals surface area contributed by atoms with Crippen molar-refractivity contribution in [2.75, 3.05) is 12.4 Å². The minimum atomic E-state index is -0.302. The molecule has 0 saturated heterocycles. The SMILES string of the molecule is COc1cc(-c2cc(C(=O)NC3CC3)c(N[C@@H](C)c3ccc(F)cc3)nn2)ccc1-n1cnc(C)c1.Cl. The van der Waals surface area contributed by atoms with Gasteiger partial charge in [0, 0.05) is 17.8 Å². The Labute approximate surface area is 220 Å². The minimum Gasteiger partial charge on any atom is -0.495 e. The van der Waals surface area contributed by atoms with Crippen molar-refractivity contribution in [3.8, 4) is 22.7 Å². The number of benzene rings is 2. The predicted molar refractivity (Wildman–Crippen MR) is 142 cm³/mol. The third-order valence-electron chi connectivity index (χ3n) is 6.14. The molecule has 0 spiro atoms. The fourth-order valence-corrected chi connectivity index (χ4v) is 3.95. The number of amides is 1. The third kappa shape index (κ3) is 5.89. The maximum Gasteiger partial charge on any atom is 0.255 e. The van der Waals surface area contributed by atoms with Gasteiger partial charge in [-0.15, -0.1) is 22.6 Å². The molecule has 4 aromatic rings. The van der Waals surface area contributed by atoms with Crippen molar-refractivity contribution in [3.05, 3.63) is 83.7 Å². The lowest BCUT2D eigenvalue weighted by atomic mass is 10.1. The summed E-state index contributed by atoms with van der Waals surface area (Å²) in [5.74, 6) is 0.498. The molecule has 0 radical (unpaired) electrons. The Bertz CT molecular complexity index is 1400. The van der Waals surface area contributed by atoms with Gasteiger partial charge in [0.2, 0.25) is 0 Å². The molecule has 10 heteroatoms. The molecular weight excluding hydrogens is 495 g/mol. The number of carbonyl (C=O) groups is 1. The van der Waals surface area contributed by atoms with Crippen molar-refractivity contribution in [2.24, 2.45) is 0 Å². The summed E-state index contributed by atoms with van der Waals surface area (Å²) >= 11 is 0. The molecule has 37 heavy (non-hydrogen) atoms. The highest BCUT2D eigenvalue weighted by Gasteiger charge is 2.26. The first-order valence-corrected chi connectivity index (χ1v) is 11.8. The summed E-state index contributed by atoms with van der Waals surface area (Å²) < 4.78 is 20.9. The van der Waals surface area contributed by atoms with Gasteiger partial charge in [0.05, 0.1) is 42.1 Å². The molecule has 0 bridgehead atoms. The van der Waals surface area contributed by atoms with Crippen LogP contribution in [-0.4, -0.2) is 38.8 Å². The van der Waals surface area contributed by atoms with Gasteiger partial charge in [-0.05, 0) is 62.6 Å². The lowest BCUT2D eigenvalue weighted by Crippen LogP contribution is -2.27. The Morgan fingerprint density at radius 2 is 1.89 bits per heavy atom. The van der Waals surface area contributed by atoms with Gasteiger partial charge in [0.15, 0.2) is 5.82 Å². The molecule has 1 amide bonds. The fraction of sp³-hybridized carbons (Fsp3) is 0.259. The zero-order valence-corrected chi connectivity index (χ0v) is 21.6. The predicted octanol–water partition coefficient (Wildman–Crippen LogP) is 5.27. The summed E-state index contributed by atoms with van der Waals surface area (Å²) in [4.78, 5) is 17.4. The largest absolute Gasteiger partial charge is 0.495 e. The highest BCUT2D eigenvalue weighted by atomic mass is 35.5. The van der Waals surface area contributed by atoms with Crippen molar-refractivity contribution in [1.29, 1.82) is 0 Å². The Balaban J connectivity index is 0.00000320. The monoisotopic (exact) mass is 522 g/mol. The van der Waals surface area contributed by atoms with Crippen molar-refractivity contribution in [3.63, 3.8) is 0 Å². The number of carbonyl (C=O) groups excluding carboxylic acids is 1. The molecule has 1 aliphatic rings. The maximum absolute atomic E-state index is 13.3. The van der Waals surface area contributed by atoms with Crippen molar-refractivity contribution >= 4 is 24.1 Å². The van der Waals surface area contributed by atoms with Gasteiger partial charge in [-0.25, -0.2) is 9.37 Å². The number of halogens is 2. The second kappa shape index (κ2) is 11.0. The number of nitrogens with one attached hydrogen (secondary N) is 2. The van der Waals surface area contributed by atoms with E-state index in [4.69, 9.17) is 4.74 Å². The van der Waals surface area contributed by atoms with Gasteiger partial charge in [0.1, 0.15) is 11.6 Å². The van der Waals surface area contributed by atoms with Crippen molar-refractivity contribution < 1.29 is 13.9 Å². The smallest absolute Gasteiger partial charge is 0.255 e. The van der Waals surface area contributed by atoms with Gasteiger partial charge in [0.25, 0.3) is 5.91 Å². The third-order valence-corrected chi connectivity index (χ3v) is 6.14. The van der Waals surface area contributed by atoms with E-state index in [-0.39, 0.29) is 36.2 Å². The normalized spacial score (nSPS) is 13.4. The molecular formula is C27H28ClFN6O2. The van der Waals surface area contributed by atoms with E-state index in [0.717, 1.165) is 35.3 Å². The summed E-state index contributed by atoms with van der Waals surface area (Å²) in [5.41, 5.74) is 4.31. The second-order valence-corrected chi connectivity index (χ2v) is 8.97. The van der Waals surface area contributed by atoms with E-state index in [2.05, 4.69) is 25.8 Å². The second-order valence-electron chi connectivity index (χ2n) is 8.97. The van der Waals surface area contributed by atoms with Crippen LogP contribution in [0.1, 0.15) is 47.4 Å².